The molecule has 4 nitrogen and oxygen atoms in total. The lowest BCUT2D eigenvalue weighted by atomic mass is 9.89. The van der Waals surface area contributed by atoms with E-state index in [2.05, 4.69) is 22.8 Å². The van der Waals surface area contributed by atoms with Gasteiger partial charge in [-0.1, -0.05) is 42.6 Å². The molecule has 2 aromatic rings. The quantitative estimate of drug-likeness (QED) is 0.457. The average Bonchev–Trinajstić information content (AvgIpc) is 3.17. The molecule has 0 heterocycles. The molecular weight excluding hydrogens is 404 g/mol. The molecule has 0 spiro atoms. The summed E-state index contributed by atoms with van der Waals surface area (Å²) in [4.78, 5) is 11.8. The van der Waals surface area contributed by atoms with Gasteiger partial charge in [-0.25, -0.2) is 4.79 Å². The Morgan fingerprint density at radius 2 is 1.86 bits per heavy atom. The molecule has 0 atom stereocenters. The van der Waals surface area contributed by atoms with Crippen LogP contribution in [-0.4, -0.2) is 23.7 Å². The summed E-state index contributed by atoms with van der Waals surface area (Å²) < 4.78 is 4.82. The Morgan fingerprint density at radius 1 is 1.17 bits per heavy atom. The second-order valence-corrected chi connectivity index (χ2v) is 8.56. The molecule has 1 fully saturated rings. The number of thiocarbonyl (C=S) groups is 1. The topological polar surface area (TPSA) is 50.4 Å². The Kier molecular flexibility index (Phi) is 7.14. The molecule has 1 saturated carbocycles. The number of aryl methyl sites for hydroxylation is 2. The van der Waals surface area contributed by atoms with Gasteiger partial charge in [0, 0.05) is 16.2 Å². The smallest absolute Gasteiger partial charge is 0.337 e. The molecule has 2 aromatic carbocycles. The molecular formula is C23H27ClN2O2S. The Hall–Kier alpha value is -2.11. The fraction of sp³-hybridized carbons (Fsp3) is 0.391. The van der Waals surface area contributed by atoms with Crippen molar-refractivity contribution in [1.82, 2.24) is 5.32 Å². The van der Waals surface area contributed by atoms with Crippen LogP contribution in [0.4, 0.5) is 5.69 Å². The van der Waals surface area contributed by atoms with Crippen LogP contribution in [-0.2, 0) is 11.2 Å². The molecule has 0 bridgehead atoms. The van der Waals surface area contributed by atoms with Gasteiger partial charge in [-0.15, -0.1) is 0 Å². The van der Waals surface area contributed by atoms with Gasteiger partial charge in [-0.05, 0) is 80.2 Å². The summed E-state index contributed by atoms with van der Waals surface area (Å²) in [5, 5.41) is 8.22. The second-order valence-electron chi connectivity index (χ2n) is 7.71. The molecule has 3 rings (SSSR count). The summed E-state index contributed by atoms with van der Waals surface area (Å²) in [6.45, 7) is 1.98. The highest BCUT2D eigenvalue weighted by atomic mass is 35.5. The predicted octanol–water partition coefficient (Wildman–Crippen LogP) is 5.67. The van der Waals surface area contributed by atoms with Gasteiger partial charge in [0.15, 0.2) is 5.11 Å². The number of benzene rings is 2. The van der Waals surface area contributed by atoms with E-state index in [0.29, 0.717) is 10.7 Å². The number of nitrogens with one attached hydrogen (secondary N) is 2. The Morgan fingerprint density at radius 3 is 2.52 bits per heavy atom. The molecule has 6 heteroatoms. The van der Waals surface area contributed by atoms with Crippen molar-refractivity contribution in [2.45, 2.75) is 51.0 Å². The highest BCUT2D eigenvalue weighted by Crippen LogP contribution is 2.34. The number of anilines is 1. The van der Waals surface area contributed by atoms with Crippen molar-refractivity contribution >= 4 is 40.6 Å². The number of halogens is 1. The summed E-state index contributed by atoms with van der Waals surface area (Å²) in [5.74, 6) is -0.359. The maximum atomic E-state index is 11.8. The van der Waals surface area contributed by atoms with E-state index in [-0.39, 0.29) is 11.5 Å². The molecule has 0 saturated heterocycles. The molecule has 0 aromatic heterocycles. The molecule has 1 aliphatic rings. The molecule has 0 aliphatic heterocycles. The number of hydrogen-bond acceptors (Lipinski definition) is 3. The maximum Gasteiger partial charge on any atom is 0.337 e. The zero-order chi connectivity index (χ0) is 20.9. The molecule has 1 aliphatic carbocycles. The summed E-state index contributed by atoms with van der Waals surface area (Å²) in [5.41, 5.74) is 3.61. The van der Waals surface area contributed by atoms with Crippen LogP contribution in [0.3, 0.4) is 0 Å². The van der Waals surface area contributed by atoms with Gasteiger partial charge in [0.1, 0.15) is 0 Å². The van der Waals surface area contributed by atoms with E-state index in [1.165, 1.54) is 25.5 Å². The van der Waals surface area contributed by atoms with E-state index < -0.39 is 0 Å². The lowest BCUT2D eigenvalue weighted by molar-refractivity contribution is 0.0601. The third-order valence-corrected chi connectivity index (χ3v) is 6.11. The summed E-state index contributed by atoms with van der Waals surface area (Å²) in [7, 11) is 1.38. The second kappa shape index (κ2) is 9.59. The van der Waals surface area contributed by atoms with Gasteiger partial charge in [0.25, 0.3) is 0 Å². The number of esters is 1. The molecule has 29 heavy (non-hydrogen) atoms. The standard InChI is InChI=1S/C23H27ClN2O2S/c1-16-5-8-18(21(27)28-2)15-20(16)25-22(29)26-23(12-3-4-13-23)14-11-17-6-9-19(24)10-7-17/h5-10,15H,3-4,11-14H2,1-2H3,(H2,25,26,29). The van der Waals surface area contributed by atoms with Crippen molar-refractivity contribution < 1.29 is 9.53 Å². The number of ether oxygens (including phenoxy) is 1. The number of methoxy groups -OCH3 is 1. The SMILES string of the molecule is COC(=O)c1ccc(C)c(NC(=S)NC2(CCc3ccc(Cl)cc3)CCCC2)c1. The molecule has 0 amide bonds. The molecule has 154 valence electrons. The van der Waals surface area contributed by atoms with Crippen LogP contribution in [0.15, 0.2) is 42.5 Å². The van der Waals surface area contributed by atoms with Crippen LogP contribution in [0, 0.1) is 6.92 Å². The lowest BCUT2D eigenvalue weighted by Gasteiger charge is -2.32. The van der Waals surface area contributed by atoms with Crippen LogP contribution in [0.25, 0.3) is 0 Å². The van der Waals surface area contributed by atoms with Gasteiger partial charge in [-0.3, -0.25) is 0 Å². The van der Waals surface area contributed by atoms with Crippen molar-refractivity contribution in [3.63, 3.8) is 0 Å². The van der Waals surface area contributed by atoms with Crippen LogP contribution in [0.2, 0.25) is 5.02 Å². The monoisotopic (exact) mass is 430 g/mol. The van der Waals surface area contributed by atoms with Gasteiger partial charge >= 0.3 is 5.97 Å². The minimum atomic E-state index is -0.359. The zero-order valence-electron chi connectivity index (χ0n) is 16.9. The Labute approximate surface area is 183 Å². The van der Waals surface area contributed by atoms with Crippen LogP contribution in [0.5, 0.6) is 0 Å². The molecule has 0 radical (unpaired) electrons. The molecule has 0 unspecified atom stereocenters. The minimum Gasteiger partial charge on any atom is -0.465 e. The molecule has 2 N–H and O–H groups in total. The first-order valence-corrected chi connectivity index (χ1v) is 10.7. The average molecular weight is 431 g/mol. The fourth-order valence-corrected chi connectivity index (χ4v) is 4.37. The summed E-state index contributed by atoms with van der Waals surface area (Å²) >= 11 is 11.6. The lowest BCUT2D eigenvalue weighted by Crippen LogP contribution is -2.48. The van der Waals surface area contributed by atoms with Gasteiger partial charge in [0.05, 0.1) is 12.7 Å². The van der Waals surface area contributed by atoms with Crippen molar-refractivity contribution in [2.75, 3.05) is 12.4 Å². The number of carbonyl (C=O) groups excluding carboxylic acids is 1. The van der Waals surface area contributed by atoms with E-state index in [0.717, 1.165) is 42.0 Å². The minimum absolute atomic E-state index is 0.00240. The van der Waals surface area contributed by atoms with Crippen molar-refractivity contribution in [3.8, 4) is 0 Å². The number of rotatable bonds is 6. The first-order chi connectivity index (χ1) is 13.9. The largest absolute Gasteiger partial charge is 0.465 e. The first-order valence-electron chi connectivity index (χ1n) is 9.93. The van der Waals surface area contributed by atoms with E-state index >= 15 is 0 Å². The Bertz CT molecular complexity index is 877. The highest BCUT2D eigenvalue weighted by Gasteiger charge is 2.34. The number of carbonyl (C=O) groups is 1. The summed E-state index contributed by atoms with van der Waals surface area (Å²) in [6.07, 6.45) is 6.59. The fourth-order valence-electron chi connectivity index (χ4n) is 3.92. The Balaban J connectivity index is 1.67. The van der Waals surface area contributed by atoms with Crippen LogP contribution in [0.1, 0.15) is 53.6 Å². The zero-order valence-corrected chi connectivity index (χ0v) is 18.5. The normalized spacial score (nSPS) is 15.0. The van der Waals surface area contributed by atoms with E-state index in [4.69, 9.17) is 28.6 Å². The maximum absolute atomic E-state index is 11.8. The van der Waals surface area contributed by atoms with Gasteiger partial charge in [-0.2, -0.15) is 0 Å². The number of hydrogen-bond donors (Lipinski definition) is 2. The van der Waals surface area contributed by atoms with Crippen molar-refractivity contribution in [1.29, 1.82) is 0 Å². The van der Waals surface area contributed by atoms with Crippen molar-refractivity contribution in [2.24, 2.45) is 0 Å². The predicted molar refractivity (Wildman–Crippen MR) is 123 cm³/mol. The summed E-state index contributed by atoms with van der Waals surface area (Å²) in [6, 6.07) is 13.5. The highest BCUT2D eigenvalue weighted by molar-refractivity contribution is 7.80. The first kappa shape index (κ1) is 21.6. The van der Waals surface area contributed by atoms with Gasteiger partial charge in [0.2, 0.25) is 0 Å². The van der Waals surface area contributed by atoms with Crippen LogP contribution >= 0.6 is 23.8 Å². The third-order valence-electron chi connectivity index (χ3n) is 5.65. The van der Waals surface area contributed by atoms with Crippen LogP contribution < -0.4 is 10.6 Å². The van der Waals surface area contributed by atoms with E-state index in [1.54, 1.807) is 12.1 Å². The third kappa shape index (κ3) is 5.71. The van der Waals surface area contributed by atoms with Gasteiger partial charge < -0.3 is 15.4 Å². The van der Waals surface area contributed by atoms with E-state index in [1.807, 2.05) is 25.1 Å². The van der Waals surface area contributed by atoms with Crippen molar-refractivity contribution in [3.05, 3.63) is 64.2 Å². The van der Waals surface area contributed by atoms with E-state index in [9.17, 15) is 4.79 Å².